The Morgan fingerprint density at radius 3 is 2.66 bits per heavy atom. The van der Waals surface area contributed by atoms with Gasteiger partial charge >= 0.3 is 0 Å². The molecule has 0 bridgehead atoms. The predicted molar refractivity (Wildman–Crippen MR) is 119 cm³/mol. The molecule has 29 heavy (non-hydrogen) atoms. The van der Waals surface area contributed by atoms with Crippen molar-refractivity contribution < 1.29 is 13.2 Å². The Morgan fingerprint density at radius 2 is 2.00 bits per heavy atom. The minimum atomic E-state index is -3.27. The van der Waals surface area contributed by atoms with Gasteiger partial charge in [-0.25, -0.2) is 13.4 Å². The largest absolute Gasteiger partial charge is 0.323 e. The van der Waals surface area contributed by atoms with Gasteiger partial charge in [0.25, 0.3) is 0 Å². The Bertz CT molecular complexity index is 1030. The number of carbonyl (C=O) groups excluding carboxylic acids is 1. The van der Waals surface area contributed by atoms with Crippen molar-refractivity contribution in [3.63, 3.8) is 0 Å². The number of aryl methyl sites for hydroxylation is 1. The summed E-state index contributed by atoms with van der Waals surface area (Å²) in [5, 5.41) is 0.878. The molecule has 0 saturated heterocycles. The quantitative estimate of drug-likeness (QED) is 0.465. The summed E-state index contributed by atoms with van der Waals surface area (Å²) < 4.78 is 28.1. The van der Waals surface area contributed by atoms with Crippen LogP contribution >= 0.6 is 11.8 Å². The first kappa shape index (κ1) is 21.9. The first-order valence-corrected chi connectivity index (χ1v) is 12.6. The van der Waals surface area contributed by atoms with Crippen LogP contribution in [0.2, 0.25) is 0 Å². The zero-order valence-electron chi connectivity index (χ0n) is 17.7. The van der Waals surface area contributed by atoms with E-state index in [0.717, 1.165) is 28.7 Å². The molecular weight excluding hydrogens is 406 g/mol. The lowest BCUT2D eigenvalue weighted by Gasteiger charge is -2.18. The van der Waals surface area contributed by atoms with E-state index in [9.17, 15) is 13.2 Å². The van der Waals surface area contributed by atoms with E-state index < -0.39 is 10.0 Å². The van der Waals surface area contributed by atoms with Crippen molar-refractivity contribution in [3.8, 4) is 0 Å². The zero-order chi connectivity index (χ0) is 21.3. The molecule has 0 aliphatic carbocycles. The summed E-state index contributed by atoms with van der Waals surface area (Å²) in [4.78, 5) is 17.4. The number of hydrogen-bond acceptors (Lipinski definition) is 5. The zero-order valence-corrected chi connectivity index (χ0v) is 19.4. The first-order chi connectivity index (χ1) is 13.6. The van der Waals surface area contributed by atoms with Crippen LogP contribution in [0, 0.1) is 19.8 Å². The van der Waals surface area contributed by atoms with E-state index in [1.54, 1.807) is 19.1 Å². The monoisotopic (exact) mass is 435 g/mol. The number of fused-ring (bicyclic) bond motifs is 1. The van der Waals surface area contributed by atoms with Gasteiger partial charge in [0.1, 0.15) is 0 Å². The Balaban J connectivity index is 1.74. The van der Waals surface area contributed by atoms with Crippen molar-refractivity contribution in [1.29, 1.82) is 0 Å². The molecular formula is C21H29N3O3S2. The SMILES string of the molecule is CCS(=O)(=O)N1CCc2cc(C(=O)CSc3nc(C)c(C)n3CC(C)C)ccc21. The van der Waals surface area contributed by atoms with Gasteiger partial charge in [-0.15, -0.1) is 0 Å². The number of carbonyl (C=O) groups is 1. The summed E-state index contributed by atoms with van der Waals surface area (Å²) in [7, 11) is -3.27. The maximum Gasteiger partial charge on any atom is 0.234 e. The van der Waals surface area contributed by atoms with Crippen LogP contribution in [-0.4, -0.2) is 41.8 Å². The van der Waals surface area contributed by atoms with E-state index in [2.05, 4.69) is 30.3 Å². The summed E-state index contributed by atoms with van der Waals surface area (Å²) in [6.45, 7) is 11.4. The number of thioether (sulfide) groups is 1. The van der Waals surface area contributed by atoms with Crippen LogP contribution in [0.5, 0.6) is 0 Å². The van der Waals surface area contributed by atoms with Crippen molar-refractivity contribution in [2.24, 2.45) is 5.92 Å². The maximum atomic E-state index is 12.8. The van der Waals surface area contributed by atoms with Crippen LogP contribution in [-0.2, 0) is 23.0 Å². The summed E-state index contributed by atoms with van der Waals surface area (Å²) in [6.07, 6.45) is 0.639. The van der Waals surface area contributed by atoms with E-state index in [0.29, 0.717) is 35.9 Å². The van der Waals surface area contributed by atoms with Crippen LogP contribution in [0.3, 0.4) is 0 Å². The molecule has 0 saturated carbocycles. The second-order valence-electron chi connectivity index (χ2n) is 7.85. The first-order valence-electron chi connectivity index (χ1n) is 9.97. The Hall–Kier alpha value is -1.80. The normalized spacial score (nSPS) is 13.9. The lowest BCUT2D eigenvalue weighted by Crippen LogP contribution is -2.30. The van der Waals surface area contributed by atoms with E-state index in [1.807, 2.05) is 13.0 Å². The van der Waals surface area contributed by atoms with Gasteiger partial charge in [-0.05, 0) is 56.9 Å². The van der Waals surface area contributed by atoms with Gasteiger partial charge in [0.15, 0.2) is 10.9 Å². The van der Waals surface area contributed by atoms with Crippen LogP contribution in [0.1, 0.15) is 48.1 Å². The number of ketones is 1. The molecule has 1 aliphatic rings. The third-order valence-electron chi connectivity index (χ3n) is 5.26. The number of anilines is 1. The summed E-state index contributed by atoms with van der Waals surface area (Å²) in [5.41, 5.74) is 4.39. The number of Topliss-reactive ketones (excluding diaryl/α,β-unsaturated/α-hetero) is 1. The lowest BCUT2D eigenvalue weighted by atomic mass is 10.1. The van der Waals surface area contributed by atoms with Gasteiger partial charge < -0.3 is 4.57 Å². The Kier molecular flexibility index (Phi) is 6.43. The van der Waals surface area contributed by atoms with Crippen LogP contribution in [0.4, 0.5) is 5.69 Å². The van der Waals surface area contributed by atoms with E-state index in [-0.39, 0.29) is 11.5 Å². The van der Waals surface area contributed by atoms with Gasteiger partial charge in [-0.1, -0.05) is 25.6 Å². The van der Waals surface area contributed by atoms with Gasteiger partial charge in [-0.2, -0.15) is 0 Å². The minimum absolute atomic E-state index is 0.0315. The highest BCUT2D eigenvalue weighted by molar-refractivity contribution is 7.99. The molecule has 2 aromatic rings. The molecule has 6 nitrogen and oxygen atoms in total. The summed E-state index contributed by atoms with van der Waals surface area (Å²) in [6, 6.07) is 5.35. The molecule has 8 heteroatoms. The van der Waals surface area contributed by atoms with Gasteiger partial charge in [-0.3, -0.25) is 9.10 Å². The van der Waals surface area contributed by atoms with Crippen molar-refractivity contribution in [2.45, 2.75) is 52.7 Å². The fourth-order valence-electron chi connectivity index (χ4n) is 3.52. The number of aromatic nitrogens is 2. The molecule has 0 atom stereocenters. The topological polar surface area (TPSA) is 72.3 Å². The molecule has 2 heterocycles. The van der Waals surface area contributed by atoms with Crippen LogP contribution in [0.25, 0.3) is 0 Å². The highest BCUT2D eigenvalue weighted by Gasteiger charge is 2.28. The second kappa shape index (κ2) is 8.52. The number of hydrogen-bond donors (Lipinski definition) is 0. The third kappa shape index (κ3) is 4.53. The second-order valence-corrected chi connectivity index (χ2v) is 11.0. The molecule has 1 aliphatic heterocycles. The molecule has 1 aromatic heterocycles. The average Bonchev–Trinajstić information content (AvgIpc) is 3.22. The van der Waals surface area contributed by atoms with Crippen molar-refractivity contribution in [3.05, 3.63) is 40.7 Å². The minimum Gasteiger partial charge on any atom is -0.323 e. The summed E-state index contributed by atoms with van der Waals surface area (Å²) in [5.74, 6) is 0.912. The highest BCUT2D eigenvalue weighted by Crippen LogP contribution is 2.32. The Morgan fingerprint density at radius 1 is 1.28 bits per heavy atom. The molecule has 0 fully saturated rings. The number of nitrogens with zero attached hydrogens (tertiary/aromatic N) is 3. The molecule has 0 amide bonds. The standard InChI is InChI=1S/C21H29N3O3S2/c1-6-29(26,27)24-10-9-17-11-18(7-8-19(17)24)20(25)13-28-21-22-15(4)16(5)23(21)12-14(2)3/h7-8,11,14H,6,9-10,12-13H2,1-5H3. The van der Waals surface area contributed by atoms with Crippen molar-refractivity contribution >= 4 is 33.3 Å². The van der Waals surface area contributed by atoms with Crippen molar-refractivity contribution in [1.82, 2.24) is 9.55 Å². The van der Waals surface area contributed by atoms with E-state index in [4.69, 9.17) is 0 Å². The lowest BCUT2D eigenvalue weighted by molar-refractivity contribution is 0.102. The van der Waals surface area contributed by atoms with E-state index >= 15 is 0 Å². The number of imidazole rings is 1. The smallest absolute Gasteiger partial charge is 0.234 e. The average molecular weight is 436 g/mol. The van der Waals surface area contributed by atoms with Gasteiger partial charge in [0.2, 0.25) is 10.0 Å². The molecule has 1 aromatic carbocycles. The molecule has 0 N–H and O–H groups in total. The number of benzene rings is 1. The fraction of sp³-hybridized carbons (Fsp3) is 0.524. The highest BCUT2D eigenvalue weighted by atomic mass is 32.2. The number of rotatable bonds is 8. The van der Waals surface area contributed by atoms with Crippen LogP contribution < -0.4 is 4.31 Å². The van der Waals surface area contributed by atoms with Gasteiger partial charge in [0.05, 0.1) is 22.9 Å². The van der Waals surface area contributed by atoms with Gasteiger partial charge in [0, 0.05) is 24.3 Å². The van der Waals surface area contributed by atoms with E-state index in [1.165, 1.54) is 16.1 Å². The third-order valence-corrected chi connectivity index (χ3v) is 8.01. The van der Waals surface area contributed by atoms with Crippen molar-refractivity contribution in [2.75, 3.05) is 22.4 Å². The molecule has 0 spiro atoms. The fourth-order valence-corrected chi connectivity index (χ4v) is 5.67. The maximum absolute atomic E-state index is 12.8. The molecule has 0 unspecified atom stereocenters. The molecule has 0 radical (unpaired) electrons. The molecule has 158 valence electrons. The predicted octanol–water partition coefficient (Wildman–Crippen LogP) is 3.84. The number of sulfonamides is 1. The Labute approximate surface area is 177 Å². The summed E-state index contributed by atoms with van der Waals surface area (Å²) >= 11 is 1.46. The van der Waals surface area contributed by atoms with Crippen LogP contribution in [0.15, 0.2) is 23.4 Å². The molecule has 3 rings (SSSR count).